The van der Waals surface area contributed by atoms with Gasteiger partial charge < -0.3 is 5.41 Å². The summed E-state index contributed by atoms with van der Waals surface area (Å²) in [7, 11) is 0. The van der Waals surface area contributed by atoms with Crippen molar-refractivity contribution in [3.63, 3.8) is 0 Å². The summed E-state index contributed by atoms with van der Waals surface area (Å²) < 4.78 is 0. The number of hydrogen-bond acceptors (Lipinski definition) is 2. The summed E-state index contributed by atoms with van der Waals surface area (Å²) in [5, 5.41) is 8.04. The summed E-state index contributed by atoms with van der Waals surface area (Å²) >= 11 is 0. The lowest BCUT2D eigenvalue weighted by atomic mass is 9.46. The molecule has 0 aromatic heterocycles. The zero-order chi connectivity index (χ0) is 16.4. The minimum absolute atomic E-state index is 0.270. The number of carbonyl (C=O) groups is 1. The molecule has 0 heterocycles. The summed E-state index contributed by atoms with van der Waals surface area (Å²) in [6.45, 7) is 6.74. The van der Waals surface area contributed by atoms with Crippen molar-refractivity contribution < 1.29 is 4.79 Å². The predicted octanol–water partition coefficient (Wildman–Crippen LogP) is 5.17. The van der Waals surface area contributed by atoms with Crippen molar-refractivity contribution >= 4 is 11.5 Å². The van der Waals surface area contributed by atoms with E-state index in [1.165, 1.54) is 38.5 Å². The van der Waals surface area contributed by atoms with E-state index in [1.54, 1.807) is 5.57 Å². The molecule has 0 aliphatic heterocycles. The molecule has 4 rings (SSSR count). The molecule has 0 saturated heterocycles. The third kappa shape index (κ3) is 2.06. The molecule has 2 nitrogen and oxygen atoms in total. The fraction of sp³-hybridized carbons (Fsp3) is 0.810. The summed E-state index contributed by atoms with van der Waals surface area (Å²) in [6.07, 6.45) is 11.8. The Morgan fingerprint density at radius 1 is 1.09 bits per heavy atom. The van der Waals surface area contributed by atoms with Crippen molar-refractivity contribution in [2.24, 2.45) is 34.5 Å². The number of nitrogens with one attached hydrogen (secondary N) is 1. The van der Waals surface area contributed by atoms with Gasteiger partial charge in [-0.1, -0.05) is 19.4 Å². The van der Waals surface area contributed by atoms with Gasteiger partial charge in [0.1, 0.15) is 5.78 Å². The lowest BCUT2D eigenvalue weighted by Gasteiger charge is -2.58. The van der Waals surface area contributed by atoms with Gasteiger partial charge in [0.05, 0.1) is 0 Å². The van der Waals surface area contributed by atoms with Crippen molar-refractivity contribution in [1.29, 1.82) is 5.41 Å². The first kappa shape index (κ1) is 15.6. The molecule has 0 aromatic carbocycles. The van der Waals surface area contributed by atoms with Crippen LogP contribution >= 0.6 is 0 Å². The highest BCUT2D eigenvalue weighted by Crippen LogP contribution is 2.66. The van der Waals surface area contributed by atoms with E-state index in [-0.39, 0.29) is 5.41 Å². The van der Waals surface area contributed by atoms with Crippen LogP contribution < -0.4 is 0 Å². The Morgan fingerprint density at radius 2 is 1.87 bits per heavy atom. The number of rotatable bonds is 1. The number of fused-ring (bicyclic) bond motifs is 5. The fourth-order valence-electron chi connectivity index (χ4n) is 7.25. The van der Waals surface area contributed by atoms with Crippen LogP contribution in [0.25, 0.3) is 0 Å². The SMILES string of the molecule is CC(=O)[C@H]1CCC2C3CCC4=CC(=N)CC[C@]4(C)C3CCC21C. The van der Waals surface area contributed by atoms with Crippen LogP contribution in [0.4, 0.5) is 0 Å². The van der Waals surface area contributed by atoms with E-state index in [9.17, 15) is 4.79 Å². The number of ketones is 1. The second kappa shape index (κ2) is 5.04. The molecule has 0 spiro atoms. The smallest absolute Gasteiger partial charge is 0.133 e. The van der Waals surface area contributed by atoms with E-state index in [2.05, 4.69) is 19.9 Å². The molecule has 3 fully saturated rings. The van der Waals surface area contributed by atoms with Crippen molar-refractivity contribution in [3.8, 4) is 0 Å². The van der Waals surface area contributed by atoms with E-state index in [1.807, 2.05) is 6.92 Å². The fourth-order valence-corrected chi connectivity index (χ4v) is 7.25. The molecule has 4 aliphatic rings. The van der Waals surface area contributed by atoms with E-state index in [0.29, 0.717) is 17.1 Å². The average molecular weight is 313 g/mol. The van der Waals surface area contributed by atoms with Crippen LogP contribution in [0.5, 0.6) is 0 Å². The van der Waals surface area contributed by atoms with Crippen LogP contribution in [0.2, 0.25) is 0 Å². The molecule has 3 saturated carbocycles. The lowest BCUT2D eigenvalue weighted by molar-refractivity contribution is -0.127. The largest absolute Gasteiger partial charge is 0.305 e. The minimum Gasteiger partial charge on any atom is -0.305 e. The van der Waals surface area contributed by atoms with Gasteiger partial charge in [-0.05, 0) is 93.0 Å². The Kier molecular flexibility index (Phi) is 3.42. The lowest BCUT2D eigenvalue weighted by Crippen LogP contribution is -2.51. The van der Waals surface area contributed by atoms with Gasteiger partial charge in [-0.25, -0.2) is 0 Å². The van der Waals surface area contributed by atoms with Crippen LogP contribution in [0.1, 0.15) is 72.1 Å². The molecular weight excluding hydrogens is 282 g/mol. The number of Topliss-reactive ketones (excluding diaryl/α,β-unsaturated/α-hetero) is 1. The molecule has 1 N–H and O–H groups in total. The van der Waals surface area contributed by atoms with Gasteiger partial charge in [0.25, 0.3) is 0 Å². The second-order valence-electron chi connectivity index (χ2n) is 9.31. The highest BCUT2D eigenvalue weighted by atomic mass is 16.1. The van der Waals surface area contributed by atoms with Crippen molar-refractivity contribution in [1.82, 2.24) is 0 Å². The third-order valence-electron chi connectivity index (χ3n) is 8.49. The molecule has 0 bridgehead atoms. The van der Waals surface area contributed by atoms with Crippen LogP contribution in [0, 0.1) is 39.9 Å². The van der Waals surface area contributed by atoms with Crippen molar-refractivity contribution in [2.75, 3.05) is 0 Å². The Labute approximate surface area is 140 Å². The van der Waals surface area contributed by atoms with Crippen molar-refractivity contribution in [2.45, 2.75) is 72.1 Å². The molecule has 4 unspecified atom stereocenters. The monoisotopic (exact) mass is 313 g/mol. The second-order valence-corrected chi connectivity index (χ2v) is 9.31. The van der Waals surface area contributed by atoms with Crippen molar-refractivity contribution in [3.05, 3.63) is 11.6 Å². The van der Waals surface area contributed by atoms with E-state index < -0.39 is 0 Å². The molecule has 4 aliphatic carbocycles. The first-order valence-electron chi connectivity index (χ1n) is 9.65. The Hall–Kier alpha value is -0.920. The Bertz CT molecular complexity index is 591. The first-order chi connectivity index (χ1) is 10.9. The van der Waals surface area contributed by atoms with Gasteiger partial charge in [-0.15, -0.1) is 0 Å². The average Bonchev–Trinajstić information content (AvgIpc) is 2.85. The number of allylic oxidation sites excluding steroid dienone is 2. The van der Waals surface area contributed by atoms with Gasteiger partial charge in [-0.2, -0.15) is 0 Å². The summed E-state index contributed by atoms with van der Waals surface area (Å²) in [5.74, 6) is 3.11. The maximum atomic E-state index is 12.2. The number of hydrogen-bond donors (Lipinski definition) is 1. The standard InChI is InChI=1S/C21H31NO/c1-13(23)17-6-7-18-16-5-4-14-12-15(22)8-10-20(14,2)19(16)9-11-21(17,18)3/h12,16-19,22H,4-11H2,1-3H3/t16?,17-,18?,19?,20+,21?/m1/s1. The maximum Gasteiger partial charge on any atom is 0.133 e. The van der Waals surface area contributed by atoms with Gasteiger partial charge in [0.15, 0.2) is 0 Å². The molecule has 23 heavy (non-hydrogen) atoms. The van der Waals surface area contributed by atoms with Gasteiger partial charge in [0, 0.05) is 11.6 Å². The summed E-state index contributed by atoms with van der Waals surface area (Å²) in [6, 6.07) is 0. The first-order valence-corrected chi connectivity index (χ1v) is 9.65. The summed E-state index contributed by atoms with van der Waals surface area (Å²) in [5.41, 5.74) is 3.02. The van der Waals surface area contributed by atoms with Gasteiger partial charge in [-0.3, -0.25) is 4.79 Å². The zero-order valence-corrected chi connectivity index (χ0v) is 15.0. The molecule has 126 valence electrons. The van der Waals surface area contributed by atoms with Gasteiger partial charge in [0.2, 0.25) is 0 Å². The Morgan fingerprint density at radius 3 is 2.61 bits per heavy atom. The predicted molar refractivity (Wildman–Crippen MR) is 93.6 cm³/mol. The minimum atomic E-state index is 0.270. The molecule has 0 aromatic rings. The quantitative estimate of drug-likeness (QED) is 0.712. The third-order valence-corrected chi connectivity index (χ3v) is 8.49. The van der Waals surface area contributed by atoms with Gasteiger partial charge >= 0.3 is 0 Å². The van der Waals surface area contributed by atoms with E-state index in [4.69, 9.17) is 5.41 Å². The molecule has 0 radical (unpaired) electrons. The number of carbonyl (C=O) groups excluding carboxylic acids is 1. The molecule has 0 amide bonds. The van der Waals surface area contributed by atoms with E-state index >= 15 is 0 Å². The maximum absolute atomic E-state index is 12.2. The zero-order valence-electron chi connectivity index (χ0n) is 15.0. The van der Waals surface area contributed by atoms with Crippen LogP contribution in [-0.4, -0.2) is 11.5 Å². The Balaban J connectivity index is 1.67. The van der Waals surface area contributed by atoms with E-state index in [0.717, 1.165) is 36.3 Å². The highest BCUT2D eigenvalue weighted by Gasteiger charge is 2.59. The normalized spacial score (nSPS) is 49.0. The topological polar surface area (TPSA) is 40.9 Å². The highest BCUT2D eigenvalue weighted by molar-refractivity contribution is 5.94. The van der Waals surface area contributed by atoms with Crippen LogP contribution in [-0.2, 0) is 4.79 Å². The molecule has 2 heteroatoms. The van der Waals surface area contributed by atoms with Crippen LogP contribution in [0.3, 0.4) is 0 Å². The molecule has 6 atom stereocenters. The summed E-state index contributed by atoms with van der Waals surface area (Å²) in [4.78, 5) is 12.2. The van der Waals surface area contributed by atoms with Crippen LogP contribution in [0.15, 0.2) is 11.6 Å². The molecular formula is C21H31NO.